The van der Waals surface area contributed by atoms with Gasteiger partial charge in [0.05, 0.1) is 24.8 Å². The lowest BCUT2D eigenvalue weighted by atomic mass is 10.1. The standard InChI is InChI=1S/C26H27BrClN3O2S/c1-17-4-7-22(34-17)16-30-9-8-21(15-30)31(20-6-5-18(13-29)24(28)11-20)14-19-10-25(32-2)26(33-3)12-23(19)27/h4-7,10-12,21H,8-9,14-16H2,1-3H3/t21-/m0/s1. The molecular weight excluding hydrogens is 534 g/mol. The van der Waals surface area contributed by atoms with Crippen molar-refractivity contribution in [2.24, 2.45) is 0 Å². The van der Waals surface area contributed by atoms with Gasteiger partial charge < -0.3 is 14.4 Å². The van der Waals surface area contributed by atoms with Gasteiger partial charge >= 0.3 is 0 Å². The molecule has 0 unspecified atom stereocenters. The van der Waals surface area contributed by atoms with Gasteiger partial charge in [0, 0.05) is 52.1 Å². The smallest absolute Gasteiger partial charge is 0.161 e. The highest BCUT2D eigenvalue weighted by Gasteiger charge is 2.29. The van der Waals surface area contributed by atoms with Crippen molar-refractivity contribution >= 4 is 44.6 Å². The Hall–Kier alpha value is -2.24. The molecule has 1 aliphatic rings. The van der Waals surface area contributed by atoms with Crippen LogP contribution in [0.25, 0.3) is 0 Å². The Balaban J connectivity index is 1.63. The molecule has 0 bridgehead atoms. The molecule has 1 saturated heterocycles. The fourth-order valence-electron chi connectivity index (χ4n) is 4.41. The molecule has 3 aromatic rings. The van der Waals surface area contributed by atoms with Gasteiger partial charge in [0.1, 0.15) is 6.07 Å². The Kier molecular flexibility index (Phi) is 8.05. The van der Waals surface area contributed by atoms with E-state index >= 15 is 0 Å². The van der Waals surface area contributed by atoms with Gasteiger partial charge in [0.15, 0.2) is 11.5 Å². The highest BCUT2D eigenvalue weighted by molar-refractivity contribution is 9.10. The summed E-state index contributed by atoms with van der Waals surface area (Å²) in [6, 6.07) is 16.5. The van der Waals surface area contributed by atoms with E-state index in [0.29, 0.717) is 34.7 Å². The summed E-state index contributed by atoms with van der Waals surface area (Å²) in [7, 11) is 3.28. The first-order valence-electron chi connectivity index (χ1n) is 11.1. The summed E-state index contributed by atoms with van der Waals surface area (Å²) in [5.74, 6) is 1.38. The van der Waals surface area contributed by atoms with E-state index in [1.165, 1.54) is 9.75 Å². The molecule has 0 spiro atoms. The number of nitrogens with zero attached hydrogens (tertiary/aromatic N) is 3. The van der Waals surface area contributed by atoms with Crippen molar-refractivity contribution < 1.29 is 9.47 Å². The van der Waals surface area contributed by atoms with Crippen molar-refractivity contribution in [2.75, 3.05) is 32.2 Å². The fourth-order valence-corrected chi connectivity index (χ4v) is 6.00. The quantitative estimate of drug-likeness (QED) is 0.309. The number of anilines is 1. The molecule has 1 fully saturated rings. The molecule has 178 valence electrons. The van der Waals surface area contributed by atoms with Crippen LogP contribution >= 0.6 is 38.9 Å². The number of rotatable bonds is 8. The van der Waals surface area contributed by atoms with Crippen molar-refractivity contribution in [2.45, 2.75) is 32.5 Å². The molecule has 2 heterocycles. The van der Waals surface area contributed by atoms with Crippen LogP contribution in [0.15, 0.2) is 46.9 Å². The minimum absolute atomic E-state index is 0.310. The maximum Gasteiger partial charge on any atom is 0.161 e. The summed E-state index contributed by atoms with van der Waals surface area (Å²) >= 11 is 12.0. The molecule has 1 aliphatic heterocycles. The van der Waals surface area contributed by atoms with E-state index in [4.69, 9.17) is 21.1 Å². The van der Waals surface area contributed by atoms with Crippen LogP contribution in [0.1, 0.15) is 27.3 Å². The lowest BCUT2D eigenvalue weighted by Gasteiger charge is -2.32. The van der Waals surface area contributed by atoms with E-state index in [-0.39, 0.29) is 0 Å². The summed E-state index contributed by atoms with van der Waals surface area (Å²) in [5.41, 5.74) is 2.58. The molecule has 0 amide bonds. The largest absolute Gasteiger partial charge is 0.493 e. The zero-order chi connectivity index (χ0) is 24.2. The van der Waals surface area contributed by atoms with E-state index in [2.05, 4.69) is 50.9 Å². The molecule has 34 heavy (non-hydrogen) atoms. The summed E-state index contributed by atoms with van der Waals surface area (Å²) in [6.45, 7) is 5.78. The number of ether oxygens (including phenoxy) is 2. The molecule has 1 atom stereocenters. The lowest BCUT2D eigenvalue weighted by molar-refractivity contribution is 0.327. The lowest BCUT2D eigenvalue weighted by Crippen LogP contribution is -2.37. The predicted molar refractivity (Wildman–Crippen MR) is 142 cm³/mol. The molecule has 0 N–H and O–H groups in total. The Bertz CT molecular complexity index is 1210. The summed E-state index contributed by atoms with van der Waals surface area (Å²) in [5, 5.41) is 9.80. The average Bonchev–Trinajstić information content (AvgIpc) is 3.46. The molecule has 4 rings (SSSR count). The second-order valence-corrected chi connectivity index (χ2v) is 11.0. The number of hydrogen-bond donors (Lipinski definition) is 0. The minimum atomic E-state index is 0.310. The number of halogens is 2. The molecular formula is C26H27BrClN3O2S. The Morgan fingerprint density at radius 2 is 1.94 bits per heavy atom. The SMILES string of the molecule is COc1cc(Br)c(CN(c2ccc(C#N)c(Cl)c2)[C@H]2CCN(Cc3ccc(C)s3)C2)cc1OC. The van der Waals surface area contributed by atoms with Crippen LogP contribution in [0.5, 0.6) is 11.5 Å². The highest BCUT2D eigenvalue weighted by Crippen LogP contribution is 2.36. The maximum absolute atomic E-state index is 9.33. The van der Waals surface area contributed by atoms with Crippen molar-refractivity contribution in [3.63, 3.8) is 0 Å². The average molecular weight is 561 g/mol. The van der Waals surface area contributed by atoms with E-state index in [1.807, 2.05) is 35.6 Å². The van der Waals surface area contributed by atoms with E-state index < -0.39 is 0 Å². The second-order valence-electron chi connectivity index (χ2n) is 8.39. The van der Waals surface area contributed by atoms with Crippen LogP contribution in [0.4, 0.5) is 5.69 Å². The van der Waals surface area contributed by atoms with E-state index in [9.17, 15) is 5.26 Å². The van der Waals surface area contributed by atoms with Crippen LogP contribution < -0.4 is 14.4 Å². The maximum atomic E-state index is 9.33. The van der Waals surface area contributed by atoms with Crippen LogP contribution in [-0.4, -0.2) is 38.3 Å². The summed E-state index contributed by atoms with van der Waals surface area (Å²) in [4.78, 5) is 7.64. The van der Waals surface area contributed by atoms with Crippen molar-refractivity contribution in [3.8, 4) is 17.6 Å². The molecule has 0 radical (unpaired) electrons. The topological polar surface area (TPSA) is 48.7 Å². The third-order valence-corrected chi connectivity index (χ3v) is 8.20. The Labute approximate surface area is 218 Å². The van der Waals surface area contributed by atoms with Gasteiger partial charge in [-0.3, -0.25) is 4.90 Å². The number of aryl methyl sites for hydroxylation is 1. The molecule has 0 saturated carbocycles. The van der Waals surface area contributed by atoms with Crippen molar-refractivity contribution in [1.82, 2.24) is 4.90 Å². The second kappa shape index (κ2) is 11.0. The Morgan fingerprint density at radius 1 is 1.18 bits per heavy atom. The molecule has 8 heteroatoms. The van der Waals surface area contributed by atoms with E-state index in [1.54, 1.807) is 20.3 Å². The van der Waals surface area contributed by atoms with Gasteiger partial charge in [-0.15, -0.1) is 11.3 Å². The van der Waals surface area contributed by atoms with Gasteiger partial charge in [-0.2, -0.15) is 5.26 Å². The van der Waals surface area contributed by atoms with Gasteiger partial charge in [0.25, 0.3) is 0 Å². The summed E-state index contributed by atoms with van der Waals surface area (Å²) in [6.07, 6.45) is 1.05. The molecule has 1 aromatic heterocycles. The van der Waals surface area contributed by atoms with Gasteiger partial charge in [-0.05, 0) is 61.4 Å². The zero-order valence-corrected chi connectivity index (χ0v) is 22.6. The third kappa shape index (κ3) is 5.52. The van der Waals surface area contributed by atoms with Crippen LogP contribution in [0, 0.1) is 18.3 Å². The van der Waals surface area contributed by atoms with E-state index in [0.717, 1.165) is 41.8 Å². The van der Waals surface area contributed by atoms with Gasteiger partial charge in [-0.1, -0.05) is 27.5 Å². The molecule has 0 aliphatic carbocycles. The number of methoxy groups -OCH3 is 2. The summed E-state index contributed by atoms with van der Waals surface area (Å²) < 4.78 is 12.0. The first-order valence-corrected chi connectivity index (χ1v) is 13.0. The van der Waals surface area contributed by atoms with Crippen LogP contribution in [-0.2, 0) is 13.1 Å². The van der Waals surface area contributed by atoms with Crippen molar-refractivity contribution in [3.05, 3.63) is 72.8 Å². The number of nitriles is 1. The normalized spacial score (nSPS) is 15.8. The molecule has 2 aromatic carbocycles. The number of benzene rings is 2. The monoisotopic (exact) mass is 559 g/mol. The zero-order valence-electron chi connectivity index (χ0n) is 19.5. The first kappa shape index (κ1) is 24.9. The van der Waals surface area contributed by atoms with Crippen LogP contribution in [0.3, 0.4) is 0 Å². The minimum Gasteiger partial charge on any atom is -0.493 e. The van der Waals surface area contributed by atoms with Gasteiger partial charge in [-0.25, -0.2) is 0 Å². The highest BCUT2D eigenvalue weighted by atomic mass is 79.9. The number of hydrogen-bond acceptors (Lipinski definition) is 6. The number of thiophene rings is 1. The van der Waals surface area contributed by atoms with Gasteiger partial charge in [0.2, 0.25) is 0 Å². The van der Waals surface area contributed by atoms with Crippen molar-refractivity contribution in [1.29, 1.82) is 5.26 Å². The fraction of sp³-hybridized carbons (Fsp3) is 0.346. The Morgan fingerprint density at radius 3 is 2.59 bits per heavy atom. The van der Waals surface area contributed by atoms with Crippen LogP contribution in [0.2, 0.25) is 5.02 Å². The molecule has 5 nitrogen and oxygen atoms in total. The number of likely N-dealkylation sites (tertiary alicyclic amines) is 1. The third-order valence-electron chi connectivity index (χ3n) is 6.16. The first-order chi connectivity index (χ1) is 16.4. The predicted octanol–water partition coefficient (Wildman–Crippen LogP) is 6.64.